The summed E-state index contributed by atoms with van der Waals surface area (Å²) in [4.78, 5) is 17.6. The fourth-order valence-electron chi connectivity index (χ4n) is 3.71. The Labute approximate surface area is 164 Å². The Hall–Kier alpha value is -0.110. The maximum atomic E-state index is 13.1. The first-order valence-corrected chi connectivity index (χ1v) is 9.04. The SMILES string of the molecule is CCOCCN1CCN(C(=O)C2(OC)CCNCC2)CC1CC.Cl.Cl. The van der Waals surface area contributed by atoms with Crippen LogP contribution < -0.4 is 5.32 Å². The van der Waals surface area contributed by atoms with Crippen LogP contribution in [0.15, 0.2) is 0 Å². The Balaban J connectivity index is 0.00000288. The highest BCUT2D eigenvalue weighted by Crippen LogP contribution is 2.26. The molecule has 2 heterocycles. The maximum absolute atomic E-state index is 13.1. The van der Waals surface area contributed by atoms with Gasteiger partial charge >= 0.3 is 0 Å². The maximum Gasteiger partial charge on any atom is 0.255 e. The number of methoxy groups -OCH3 is 1. The molecule has 6 nitrogen and oxygen atoms in total. The van der Waals surface area contributed by atoms with Crippen molar-refractivity contribution in [2.75, 3.05) is 59.6 Å². The smallest absolute Gasteiger partial charge is 0.255 e. The molecule has 1 atom stereocenters. The van der Waals surface area contributed by atoms with Crippen LogP contribution in [0.2, 0.25) is 0 Å². The molecule has 0 saturated carbocycles. The molecule has 25 heavy (non-hydrogen) atoms. The molecular formula is C17H35Cl2N3O3. The molecule has 2 fully saturated rings. The Morgan fingerprint density at radius 1 is 1.20 bits per heavy atom. The van der Waals surface area contributed by atoms with Crippen LogP contribution in [-0.4, -0.2) is 86.9 Å². The fourth-order valence-corrected chi connectivity index (χ4v) is 3.71. The summed E-state index contributed by atoms with van der Waals surface area (Å²) < 4.78 is 11.2. The van der Waals surface area contributed by atoms with Gasteiger partial charge in [0.1, 0.15) is 5.60 Å². The van der Waals surface area contributed by atoms with E-state index in [0.717, 1.165) is 71.7 Å². The Morgan fingerprint density at radius 3 is 2.44 bits per heavy atom. The third-order valence-electron chi connectivity index (χ3n) is 5.28. The topological polar surface area (TPSA) is 54.0 Å². The lowest BCUT2D eigenvalue weighted by atomic mass is 9.90. The summed E-state index contributed by atoms with van der Waals surface area (Å²) in [5.41, 5.74) is -0.614. The van der Waals surface area contributed by atoms with Crippen LogP contribution in [-0.2, 0) is 14.3 Å². The van der Waals surface area contributed by atoms with Crippen molar-refractivity contribution in [1.29, 1.82) is 0 Å². The van der Waals surface area contributed by atoms with Crippen molar-refractivity contribution in [3.05, 3.63) is 0 Å². The van der Waals surface area contributed by atoms with Gasteiger partial charge in [0.25, 0.3) is 5.91 Å². The van der Waals surface area contributed by atoms with Crippen molar-refractivity contribution in [3.63, 3.8) is 0 Å². The first-order valence-electron chi connectivity index (χ1n) is 9.04. The largest absolute Gasteiger partial charge is 0.380 e. The van der Waals surface area contributed by atoms with E-state index in [1.54, 1.807) is 7.11 Å². The average molecular weight is 400 g/mol. The van der Waals surface area contributed by atoms with E-state index in [2.05, 4.69) is 17.1 Å². The minimum absolute atomic E-state index is 0. The number of hydrogen-bond acceptors (Lipinski definition) is 5. The molecule has 150 valence electrons. The van der Waals surface area contributed by atoms with E-state index in [1.807, 2.05) is 11.8 Å². The zero-order valence-electron chi connectivity index (χ0n) is 15.8. The summed E-state index contributed by atoms with van der Waals surface area (Å²) in [6, 6.07) is 0.420. The van der Waals surface area contributed by atoms with Gasteiger partial charge in [-0.2, -0.15) is 0 Å². The molecule has 1 N–H and O–H groups in total. The van der Waals surface area contributed by atoms with Crippen molar-refractivity contribution in [2.45, 2.75) is 44.8 Å². The van der Waals surface area contributed by atoms with E-state index in [-0.39, 0.29) is 30.7 Å². The zero-order valence-corrected chi connectivity index (χ0v) is 17.4. The Morgan fingerprint density at radius 2 is 1.88 bits per heavy atom. The van der Waals surface area contributed by atoms with Crippen LogP contribution in [0.3, 0.4) is 0 Å². The molecule has 0 aromatic heterocycles. The number of nitrogens with one attached hydrogen (secondary N) is 1. The van der Waals surface area contributed by atoms with E-state index in [4.69, 9.17) is 9.47 Å². The molecule has 2 aliphatic rings. The normalized spacial score (nSPS) is 23.5. The summed E-state index contributed by atoms with van der Waals surface area (Å²) in [5.74, 6) is 0.185. The van der Waals surface area contributed by atoms with Gasteiger partial charge in [-0.25, -0.2) is 0 Å². The molecule has 2 aliphatic heterocycles. The van der Waals surface area contributed by atoms with Gasteiger partial charge in [-0.1, -0.05) is 6.92 Å². The minimum Gasteiger partial charge on any atom is -0.380 e. The van der Waals surface area contributed by atoms with E-state index < -0.39 is 5.60 Å². The van der Waals surface area contributed by atoms with Gasteiger partial charge in [-0.3, -0.25) is 9.69 Å². The number of carbonyl (C=O) groups excluding carboxylic acids is 1. The first kappa shape index (κ1) is 24.9. The number of halogens is 2. The molecule has 8 heteroatoms. The van der Waals surface area contributed by atoms with Crippen LogP contribution in [0.25, 0.3) is 0 Å². The molecule has 0 aliphatic carbocycles. The third-order valence-corrected chi connectivity index (χ3v) is 5.28. The van der Waals surface area contributed by atoms with Crippen LogP contribution in [0.5, 0.6) is 0 Å². The molecule has 2 saturated heterocycles. The first-order chi connectivity index (χ1) is 11.2. The van der Waals surface area contributed by atoms with Crippen molar-refractivity contribution < 1.29 is 14.3 Å². The number of piperazine rings is 1. The monoisotopic (exact) mass is 399 g/mol. The lowest BCUT2D eigenvalue weighted by molar-refractivity contribution is -0.161. The van der Waals surface area contributed by atoms with Gasteiger partial charge in [0.15, 0.2) is 0 Å². The summed E-state index contributed by atoms with van der Waals surface area (Å²) >= 11 is 0. The van der Waals surface area contributed by atoms with Crippen molar-refractivity contribution in [3.8, 4) is 0 Å². The lowest BCUT2D eigenvalue weighted by Gasteiger charge is -2.45. The molecule has 2 rings (SSSR count). The third kappa shape index (κ3) is 6.22. The van der Waals surface area contributed by atoms with Crippen molar-refractivity contribution in [2.24, 2.45) is 0 Å². The number of ether oxygens (including phenoxy) is 2. The molecule has 0 spiro atoms. The quantitative estimate of drug-likeness (QED) is 0.658. The van der Waals surface area contributed by atoms with Crippen molar-refractivity contribution >= 4 is 30.7 Å². The van der Waals surface area contributed by atoms with Crippen LogP contribution in [0.4, 0.5) is 0 Å². The summed E-state index contributed by atoms with van der Waals surface area (Å²) in [7, 11) is 1.68. The van der Waals surface area contributed by atoms with Gasteiger partial charge in [0.2, 0.25) is 0 Å². The molecule has 0 aromatic carbocycles. The van der Waals surface area contributed by atoms with Crippen LogP contribution in [0, 0.1) is 0 Å². The second kappa shape index (κ2) is 12.3. The second-order valence-electron chi connectivity index (χ2n) is 6.49. The Bertz CT molecular complexity index is 382. The molecule has 0 radical (unpaired) electrons. The highest BCUT2D eigenvalue weighted by molar-refractivity contribution is 5.86. The minimum atomic E-state index is -0.614. The zero-order chi connectivity index (χ0) is 16.7. The lowest BCUT2D eigenvalue weighted by Crippen LogP contribution is -2.61. The average Bonchev–Trinajstić information content (AvgIpc) is 2.62. The predicted molar refractivity (Wildman–Crippen MR) is 105 cm³/mol. The molecule has 0 aromatic rings. The molecule has 1 unspecified atom stereocenters. The van der Waals surface area contributed by atoms with E-state index in [1.165, 1.54) is 0 Å². The van der Waals surface area contributed by atoms with Gasteiger partial charge < -0.3 is 19.7 Å². The standard InChI is InChI=1S/C17H33N3O3.2ClH/c1-4-15-14-20(11-10-19(15)12-13-23-5-2)16(21)17(22-3)6-8-18-9-7-17;;/h15,18H,4-14H2,1-3H3;2*1H. The number of piperidine rings is 1. The number of carbonyl (C=O) groups is 1. The Kier molecular flexibility index (Phi) is 12.3. The fraction of sp³-hybridized carbons (Fsp3) is 0.941. The van der Waals surface area contributed by atoms with Gasteiger partial charge in [0.05, 0.1) is 6.61 Å². The number of nitrogens with zero attached hydrogens (tertiary/aromatic N) is 2. The second-order valence-corrected chi connectivity index (χ2v) is 6.49. The molecule has 1 amide bonds. The summed E-state index contributed by atoms with van der Waals surface area (Å²) in [6.45, 7) is 10.9. The summed E-state index contributed by atoms with van der Waals surface area (Å²) in [5, 5.41) is 3.31. The van der Waals surface area contributed by atoms with E-state index >= 15 is 0 Å². The predicted octanol–water partition coefficient (Wildman–Crippen LogP) is 1.56. The van der Waals surface area contributed by atoms with Crippen molar-refractivity contribution in [1.82, 2.24) is 15.1 Å². The van der Waals surface area contributed by atoms with Gasteiger partial charge in [0, 0.05) is 45.9 Å². The molecule has 0 bridgehead atoms. The highest BCUT2D eigenvalue weighted by Gasteiger charge is 2.43. The van der Waals surface area contributed by atoms with Crippen LogP contribution >= 0.6 is 24.8 Å². The van der Waals surface area contributed by atoms with Gasteiger partial charge in [-0.15, -0.1) is 24.8 Å². The van der Waals surface area contributed by atoms with E-state index in [0.29, 0.717) is 6.04 Å². The number of amides is 1. The van der Waals surface area contributed by atoms with E-state index in [9.17, 15) is 4.79 Å². The number of hydrogen-bond donors (Lipinski definition) is 1. The highest BCUT2D eigenvalue weighted by atomic mass is 35.5. The van der Waals surface area contributed by atoms with Crippen LogP contribution in [0.1, 0.15) is 33.1 Å². The van der Waals surface area contributed by atoms with Gasteiger partial charge in [-0.05, 0) is 39.3 Å². The molecular weight excluding hydrogens is 365 g/mol. The summed E-state index contributed by atoms with van der Waals surface area (Å²) in [6.07, 6.45) is 2.59. The number of rotatable bonds is 7.